The summed E-state index contributed by atoms with van der Waals surface area (Å²) in [5, 5.41) is 5.80. The smallest absolute Gasteiger partial charge is 0.255 e. The Kier molecular flexibility index (Phi) is 8.00. The summed E-state index contributed by atoms with van der Waals surface area (Å²) in [5.41, 5.74) is 4.37. The van der Waals surface area contributed by atoms with Crippen molar-refractivity contribution in [2.24, 2.45) is 0 Å². The van der Waals surface area contributed by atoms with Crippen LogP contribution in [0.1, 0.15) is 22.8 Å². The van der Waals surface area contributed by atoms with Gasteiger partial charge in [0.1, 0.15) is 5.75 Å². The maximum absolute atomic E-state index is 12.6. The predicted octanol–water partition coefficient (Wildman–Crippen LogP) is 4.41. The molecule has 0 saturated carbocycles. The Morgan fingerprint density at radius 1 is 0.857 bits per heavy atom. The molecule has 1 heterocycles. The van der Waals surface area contributed by atoms with Gasteiger partial charge in [0.15, 0.2) is 0 Å². The first-order valence-corrected chi connectivity index (χ1v) is 12.0. The molecule has 0 atom stereocenters. The monoisotopic (exact) mass is 472 g/mol. The van der Waals surface area contributed by atoms with Crippen LogP contribution in [-0.4, -0.2) is 56.0 Å². The molecule has 3 aromatic carbocycles. The molecule has 2 N–H and O–H groups in total. The predicted molar refractivity (Wildman–Crippen MR) is 140 cm³/mol. The van der Waals surface area contributed by atoms with E-state index in [9.17, 15) is 9.59 Å². The van der Waals surface area contributed by atoms with Crippen LogP contribution in [0, 0.1) is 6.92 Å². The fourth-order valence-electron chi connectivity index (χ4n) is 4.10. The number of benzene rings is 3. The van der Waals surface area contributed by atoms with E-state index in [4.69, 9.17) is 4.74 Å². The number of aryl methyl sites for hydroxylation is 1. The van der Waals surface area contributed by atoms with Gasteiger partial charge in [-0.1, -0.05) is 12.1 Å². The molecule has 0 aromatic heterocycles. The van der Waals surface area contributed by atoms with E-state index in [0.29, 0.717) is 30.1 Å². The molecule has 7 heteroatoms. The molecule has 182 valence electrons. The second-order valence-electron chi connectivity index (χ2n) is 8.64. The summed E-state index contributed by atoms with van der Waals surface area (Å²) in [4.78, 5) is 29.6. The number of rotatable bonds is 8. The van der Waals surface area contributed by atoms with Crippen LogP contribution < -0.4 is 20.3 Å². The number of hydrogen-bond acceptors (Lipinski definition) is 5. The molecule has 3 aromatic rings. The van der Waals surface area contributed by atoms with Gasteiger partial charge in [-0.2, -0.15) is 0 Å². The van der Waals surface area contributed by atoms with Crippen molar-refractivity contribution in [2.45, 2.75) is 13.8 Å². The summed E-state index contributed by atoms with van der Waals surface area (Å²) in [5.74, 6) is 0.498. The standard InChI is InChI=1S/C28H32N4O3/c1-3-35-26-13-11-24(12-14-26)30-28(34)22-7-9-23(10-8-22)29-27(33)20-31-15-17-32(18-16-31)25-6-4-5-21(2)19-25/h4-14,19H,3,15-18,20H2,1-2H3,(H,29,33)(H,30,34). The van der Waals surface area contributed by atoms with Gasteiger partial charge in [0.05, 0.1) is 13.2 Å². The van der Waals surface area contributed by atoms with Gasteiger partial charge in [0, 0.05) is 48.8 Å². The van der Waals surface area contributed by atoms with Crippen LogP contribution in [0.15, 0.2) is 72.8 Å². The number of piperazine rings is 1. The minimum Gasteiger partial charge on any atom is -0.494 e. The van der Waals surface area contributed by atoms with E-state index in [2.05, 4.69) is 51.6 Å². The molecule has 4 rings (SSSR count). The van der Waals surface area contributed by atoms with Crippen molar-refractivity contribution in [2.75, 3.05) is 54.9 Å². The first-order chi connectivity index (χ1) is 17.0. The number of nitrogens with zero attached hydrogens (tertiary/aromatic N) is 2. The average Bonchev–Trinajstić information content (AvgIpc) is 2.86. The molecular formula is C28H32N4O3. The highest BCUT2D eigenvalue weighted by atomic mass is 16.5. The summed E-state index contributed by atoms with van der Waals surface area (Å²) < 4.78 is 5.42. The fourth-order valence-corrected chi connectivity index (χ4v) is 4.10. The molecule has 0 aliphatic carbocycles. The van der Waals surface area contributed by atoms with Crippen molar-refractivity contribution >= 4 is 28.9 Å². The van der Waals surface area contributed by atoms with Crippen LogP contribution in [0.25, 0.3) is 0 Å². The molecule has 0 spiro atoms. The number of carbonyl (C=O) groups is 2. The summed E-state index contributed by atoms with van der Waals surface area (Å²) in [6.45, 7) is 8.45. The number of carbonyl (C=O) groups excluding carboxylic acids is 2. The van der Waals surface area contributed by atoms with Gasteiger partial charge >= 0.3 is 0 Å². The largest absolute Gasteiger partial charge is 0.494 e. The Labute approximate surface area is 206 Å². The van der Waals surface area contributed by atoms with Gasteiger partial charge in [0.2, 0.25) is 5.91 Å². The van der Waals surface area contributed by atoms with Crippen molar-refractivity contribution in [3.8, 4) is 5.75 Å². The highest BCUT2D eigenvalue weighted by molar-refractivity contribution is 6.04. The molecule has 2 amide bonds. The zero-order valence-electron chi connectivity index (χ0n) is 20.3. The van der Waals surface area contributed by atoms with E-state index in [1.165, 1.54) is 11.3 Å². The molecule has 1 fully saturated rings. The lowest BCUT2D eigenvalue weighted by molar-refractivity contribution is -0.117. The van der Waals surface area contributed by atoms with Gasteiger partial charge in [0.25, 0.3) is 5.91 Å². The highest BCUT2D eigenvalue weighted by Gasteiger charge is 2.19. The molecule has 0 bridgehead atoms. The lowest BCUT2D eigenvalue weighted by Gasteiger charge is -2.35. The lowest BCUT2D eigenvalue weighted by atomic mass is 10.2. The summed E-state index contributed by atoms with van der Waals surface area (Å²) in [6, 6.07) is 22.7. The topological polar surface area (TPSA) is 73.9 Å². The zero-order chi connectivity index (χ0) is 24.6. The fraction of sp³-hybridized carbons (Fsp3) is 0.286. The van der Waals surface area contributed by atoms with E-state index in [0.717, 1.165) is 31.9 Å². The van der Waals surface area contributed by atoms with Gasteiger partial charge < -0.3 is 20.3 Å². The second kappa shape index (κ2) is 11.5. The molecule has 0 unspecified atom stereocenters. The highest BCUT2D eigenvalue weighted by Crippen LogP contribution is 2.19. The van der Waals surface area contributed by atoms with Crippen molar-refractivity contribution in [3.05, 3.63) is 83.9 Å². The number of hydrogen-bond donors (Lipinski definition) is 2. The van der Waals surface area contributed by atoms with E-state index in [1.54, 1.807) is 36.4 Å². The summed E-state index contributed by atoms with van der Waals surface area (Å²) >= 11 is 0. The van der Waals surface area contributed by atoms with Crippen molar-refractivity contribution in [3.63, 3.8) is 0 Å². The molecule has 1 saturated heterocycles. The molecule has 1 aliphatic rings. The van der Waals surface area contributed by atoms with Crippen molar-refractivity contribution < 1.29 is 14.3 Å². The van der Waals surface area contributed by atoms with E-state index in [-0.39, 0.29) is 11.8 Å². The number of ether oxygens (including phenoxy) is 1. The van der Waals surface area contributed by atoms with Gasteiger partial charge in [-0.05, 0) is 80.1 Å². The van der Waals surface area contributed by atoms with Crippen LogP contribution >= 0.6 is 0 Å². The molecule has 35 heavy (non-hydrogen) atoms. The number of amides is 2. The lowest BCUT2D eigenvalue weighted by Crippen LogP contribution is -2.48. The summed E-state index contributed by atoms with van der Waals surface area (Å²) in [7, 11) is 0. The SMILES string of the molecule is CCOc1ccc(NC(=O)c2ccc(NC(=O)CN3CCN(c4cccc(C)c4)CC3)cc2)cc1. The van der Waals surface area contributed by atoms with E-state index >= 15 is 0 Å². The maximum Gasteiger partial charge on any atom is 0.255 e. The zero-order valence-corrected chi connectivity index (χ0v) is 20.3. The Bertz CT molecular complexity index is 1140. The summed E-state index contributed by atoms with van der Waals surface area (Å²) in [6.07, 6.45) is 0. The normalized spacial score (nSPS) is 13.8. The maximum atomic E-state index is 12.6. The van der Waals surface area contributed by atoms with Crippen LogP contribution in [-0.2, 0) is 4.79 Å². The van der Waals surface area contributed by atoms with E-state index < -0.39 is 0 Å². The Hall–Kier alpha value is -3.84. The third-order valence-corrected chi connectivity index (χ3v) is 5.96. The molecule has 1 aliphatic heterocycles. The minimum atomic E-state index is -0.210. The van der Waals surface area contributed by atoms with Crippen LogP contribution in [0.3, 0.4) is 0 Å². The van der Waals surface area contributed by atoms with Crippen molar-refractivity contribution in [1.82, 2.24) is 4.90 Å². The Balaban J connectivity index is 1.23. The average molecular weight is 473 g/mol. The van der Waals surface area contributed by atoms with Crippen LogP contribution in [0.4, 0.5) is 17.1 Å². The third kappa shape index (κ3) is 6.83. The van der Waals surface area contributed by atoms with Gasteiger partial charge in [-0.15, -0.1) is 0 Å². The first kappa shape index (κ1) is 24.3. The minimum absolute atomic E-state index is 0.0550. The molecule has 0 radical (unpaired) electrons. The van der Waals surface area contributed by atoms with Gasteiger partial charge in [-0.3, -0.25) is 14.5 Å². The van der Waals surface area contributed by atoms with E-state index in [1.807, 2.05) is 19.1 Å². The number of nitrogens with one attached hydrogen (secondary N) is 2. The quantitative estimate of drug-likeness (QED) is 0.508. The Morgan fingerprint density at radius 3 is 2.17 bits per heavy atom. The third-order valence-electron chi connectivity index (χ3n) is 5.96. The molecular weight excluding hydrogens is 440 g/mol. The van der Waals surface area contributed by atoms with Crippen molar-refractivity contribution in [1.29, 1.82) is 0 Å². The van der Waals surface area contributed by atoms with Crippen LogP contribution in [0.2, 0.25) is 0 Å². The Morgan fingerprint density at radius 2 is 1.51 bits per heavy atom. The second-order valence-corrected chi connectivity index (χ2v) is 8.64. The first-order valence-electron chi connectivity index (χ1n) is 12.0. The van der Waals surface area contributed by atoms with Gasteiger partial charge in [-0.25, -0.2) is 0 Å². The number of anilines is 3. The molecule has 7 nitrogen and oxygen atoms in total. The van der Waals surface area contributed by atoms with Crippen LogP contribution in [0.5, 0.6) is 5.75 Å².